The number of aromatic hydroxyl groups is 2. The lowest BCUT2D eigenvalue weighted by Gasteiger charge is -2.36. The molecule has 0 fully saturated rings. The molecule has 0 saturated heterocycles. The summed E-state index contributed by atoms with van der Waals surface area (Å²) in [5.41, 5.74) is 0.678. The summed E-state index contributed by atoms with van der Waals surface area (Å²) in [6.07, 6.45) is 1.11. The maximum Gasteiger partial charge on any atom is 0.342 e. The van der Waals surface area contributed by atoms with Crippen molar-refractivity contribution in [1.29, 1.82) is 0 Å². The highest BCUT2D eigenvalue weighted by Crippen LogP contribution is 2.57. The van der Waals surface area contributed by atoms with Crippen LogP contribution in [-0.2, 0) is 15.1 Å². The molecule has 0 saturated carbocycles. The first kappa shape index (κ1) is 17.8. The molecule has 3 N–H and O–H groups in total. The molecule has 2 aliphatic rings. The van der Waals surface area contributed by atoms with Gasteiger partial charge in [0.2, 0.25) is 5.91 Å². The molecule has 1 spiro atoms. The maximum absolute atomic E-state index is 13.0. The summed E-state index contributed by atoms with van der Waals surface area (Å²) in [4.78, 5) is 24.9. The van der Waals surface area contributed by atoms with Crippen molar-refractivity contribution in [2.45, 2.75) is 5.60 Å². The van der Waals surface area contributed by atoms with Crippen molar-refractivity contribution in [3.63, 3.8) is 0 Å². The quantitative estimate of drug-likeness (QED) is 0.446. The number of hydrogen-bond donors (Lipinski definition) is 3. The molecule has 2 heterocycles. The zero-order valence-corrected chi connectivity index (χ0v) is 15.5. The number of ether oxygens (including phenoxy) is 2. The number of anilines is 1. The van der Waals surface area contributed by atoms with Crippen LogP contribution in [-0.4, -0.2) is 22.1 Å². The third kappa shape index (κ3) is 2.32. The molecule has 2 aliphatic heterocycles. The predicted molar refractivity (Wildman–Crippen MR) is 107 cm³/mol. The van der Waals surface area contributed by atoms with Crippen LogP contribution in [0.2, 0.25) is 0 Å². The van der Waals surface area contributed by atoms with Crippen LogP contribution in [0.1, 0.15) is 27.0 Å². The van der Waals surface area contributed by atoms with Gasteiger partial charge in [-0.2, -0.15) is 0 Å². The molecule has 5 rings (SSSR count). The van der Waals surface area contributed by atoms with Gasteiger partial charge in [-0.05, 0) is 36.4 Å². The molecule has 0 aromatic heterocycles. The fourth-order valence-electron chi connectivity index (χ4n) is 4.03. The second-order valence-electron chi connectivity index (χ2n) is 6.96. The van der Waals surface area contributed by atoms with Crippen LogP contribution < -0.4 is 10.1 Å². The second-order valence-corrected chi connectivity index (χ2v) is 6.96. The Morgan fingerprint density at radius 1 is 0.967 bits per heavy atom. The van der Waals surface area contributed by atoms with Gasteiger partial charge in [-0.3, -0.25) is 4.79 Å². The van der Waals surface area contributed by atoms with E-state index >= 15 is 0 Å². The molecule has 7 nitrogen and oxygen atoms in total. The van der Waals surface area contributed by atoms with Crippen molar-refractivity contribution >= 4 is 17.6 Å². The number of benzene rings is 3. The van der Waals surface area contributed by atoms with Crippen molar-refractivity contribution in [3.8, 4) is 23.0 Å². The van der Waals surface area contributed by atoms with Crippen molar-refractivity contribution in [2.24, 2.45) is 0 Å². The van der Waals surface area contributed by atoms with Crippen LogP contribution >= 0.6 is 0 Å². The summed E-state index contributed by atoms with van der Waals surface area (Å²) in [6, 6.07) is 14.1. The minimum absolute atomic E-state index is 0.0240. The van der Waals surface area contributed by atoms with Crippen molar-refractivity contribution in [2.75, 3.05) is 5.32 Å². The van der Waals surface area contributed by atoms with Gasteiger partial charge < -0.3 is 25.0 Å². The Balaban J connectivity index is 1.83. The lowest BCUT2D eigenvalue weighted by Crippen LogP contribution is -2.32. The van der Waals surface area contributed by atoms with Gasteiger partial charge in [0.25, 0.3) is 0 Å². The number of rotatable bonds is 2. The zero-order chi connectivity index (χ0) is 21.0. The Bertz CT molecular complexity index is 1210. The average molecular weight is 401 g/mol. The fourth-order valence-corrected chi connectivity index (χ4v) is 4.03. The highest BCUT2D eigenvalue weighted by atomic mass is 16.6. The van der Waals surface area contributed by atoms with Crippen molar-refractivity contribution in [1.82, 2.24) is 0 Å². The van der Waals surface area contributed by atoms with E-state index in [0.29, 0.717) is 22.4 Å². The highest BCUT2D eigenvalue weighted by Gasteiger charge is 2.54. The summed E-state index contributed by atoms with van der Waals surface area (Å²) in [5, 5.41) is 22.5. The molecule has 30 heavy (non-hydrogen) atoms. The van der Waals surface area contributed by atoms with E-state index < -0.39 is 17.5 Å². The fraction of sp³-hybridized carbons (Fsp3) is 0.0435. The van der Waals surface area contributed by atoms with E-state index in [0.717, 1.165) is 6.08 Å². The van der Waals surface area contributed by atoms with Crippen molar-refractivity contribution in [3.05, 3.63) is 89.5 Å². The lowest BCUT2D eigenvalue weighted by atomic mass is 9.77. The summed E-state index contributed by atoms with van der Waals surface area (Å²) >= 11 is 0. The molecular weight excluding hydrogens is 386 g/mol. The first-order valence-electron chi connectivity index (χ1n) is 9.09. The second kappa shape index (κ2) is 6.12. The number of esters is 1. The van der Waals surface area contributed by atoms with Gasteiger partial charge in [0.15, 0.2) is 5.60 Å². The first-order chi connectivity index (χ1) is 14.4. The Labute approximate surface area is 170 Å². The Morgan fingerprint density at radius 3 is 2.20 bits per heavy atom. The Morgan fingerprint density at radius 2 is 1.60 bits per heavy atom. The average Bonchev–Trinajstić information content (AvgIpc) is 3.01. The molecule has 148 valence electrons. The van der Waals surface area contributed by atoms with E-state index in [1.54, 1.807) is 30.3 Å². The predicted octanol–water partition coefficient (Wildman–Crippen LogP) is 3.79. The number of phenols is 2. The van der Waals surface area contributed by atoms with E-state index in [2.05, 4.69) is 11.9 Å². The number of nitrogens with one attached hydrogen (secondary N) is 1. The Hall–Kier alpha value is -4.26. The first-order valence-corrected chi connectivity index (χ1v) is 9.09. The van der Waals surface area contributed by atoms with Crippen LogP contribution in [0.4, 0.5) is 5.69 Å². The van der Waals surface area contributed by atoms with Gasteiger partial charge in [0.05, 0.1) is 11.3 Å². The molecule has 0 aliphatic carbocycles. The lowest BCUT2D eigenvalue weighted by molar-refractivity contribution is -0.111. The molecule has 3 aromatic carbocycles. The van der Waals surface area contributed by atoms with E-state index in [1.807, 2.05) is 0 Å². The zero-order valence-electron chi connectivity index (χ0n) is 15.5. The minimum Gasteiger partial charge on any atom is -0.508 e. The van der Waals surface area contributed by atoms with Crippen LogP contribution in [0.25, 0.3) is 0 Å². The molecule has 3 aromatic rings. The normalized spacial score (nSPS) is 14.7. The number of carbonyl (C=O) groups excluding carboxylic acids is 2. The number of carbonyl (C=O) groups is 2. The van der Waals surface area contributed by atoms with Gasteiger partial charge in [-0.1, -0.05) is 18.7 Å². The number of phenolic OH excluding ortho intramolecular Hbond substituents is 2. The third-order valence-electron chi connectivity index (χ3n) is 5.25. The van der Waals surface area contributed by atoms with E-state index in [-0.39, 0.29) is 28.6 Å². The SMILES string of the molecule is C=CC(=O)Nc1cccc2c1C(=O)OC21c2ccc(O)cc2Oc2cc(O)ccc21. The van der Waals surface area contributed by atoms with Gasteiger partial charge in [-0.15, -0.1) is 0 Å². The van der Waals surface area contributed by atoms with E-state index in [1.165, 1.54) is 24.3 Å². The molecule has 0 atom stereocenters. The van der Waals surface area contributed by atoms with Gasteiger partial charge in [0, 0.05) is 28.8 Å². The highest BCUT2D eigenvalue weighted by molar-refractivity contribution is 6.07. The summed E-state index contributed by atoms with van der Waals surface area (Å²) in [7, 11) is 0. The van der Waals surface area contributed by atoms with Gasteiger partial charge in [-0.25, -0.2) is 4.79 Å². The largest absolute Gasteiger partial charge is 0.508 e. The molecule has 1 amide bonds. The molecule has 0 radical (unpaired) electrons. The van der Waals surface area contributed by atoms with E-state index in [4.69, 9.17) is 9.47 Å². The third-order valence-corrected chi connectivity index (χ3v) is 5.25. The molecule has 7 heteroatoms. The van der Waals surface area contributed by atoms with Gasteiger partial charge in [0.1, 0.15) is 23.0 Å². The van der Waals surface area contributed by atoms with Gasteiger partial charge >= 0.3 is 5.97 Å². The maximum atomic E-state index is 13.0. The Kier molecular flexibility index (Phi) is 3.63. The standard InChI is InChI=1S/C23H15NO6/c1-2-20(27)24-17-5-3-4-16-21(17)22(28)30-23(16)14-8-6-12(25)10-18(14)29-19-11-13(26)7-9-15(19)23/h2-11,25-26H,1H2,(H,24,27). The topological polar surface area (TPSA) is 105 Å². The molecule has 0 unspecified atom stereocenters. The molecule has 0 bridgehead atoms. The van der Waals surface area contributed by atoms with Crippen LogP contribution in [0.3, 0.4) is 0 Å². The smallest absolute Gasteiger partial charge is 0.342 e. The number of hydrogen-bond acceptors (Lipinski definition) is 6. The van der Waals surface area contributed by atoms with Crippen LogP contribution in [0.5, 0.6) is 23.0 Å². The number of amides is 1. The summed E-state index contributed by atoms with van der Waals surface area (Å²) < 4.78 is 11.9. The van der Waals surface area contributed by atoms with E-state index in [9.17, 15) is 19.8 Å². The minimum atomic E-state index is -1.37. The molecular formula is C23H15NO6. The summed E-state index contributed by atoms with van der Waals surface area (Å²) in [6.45, 7) is 3.44. The number of fused-ring (bicyclic) bond motifs is 6. The van der Waals surface area contributed by atoms with Crippen molar-refractivity contribution < 1.29 is 29.3 Å². The van der Waals surface area contributed by atoms with Crippen LogP contribution in [0, 0.1) is 0 Å². The monoisotopic (exact) mass is 401 g/mol. The summed E-state index contributed by atoms with van der Waals surface area (Å²) in [5.74, 6) is -0.554. The van der Waals surface area contributed by atoms with Crippen LogP contribution in [0.15, 0.2) is 67.3 Å².